The highest BCUT2D eigenvalue weighted by atomic mass is 35.5. The third-order valence-electron chi connectivity index (χ3n) is 3.15. The van der Waals surface area contributed by atoms with Gasteiger partial charge < -0.3 is 11.1 Å². The van der Waals surface area contributed by atoms with Gasteiger partial charge >= 0.3 is 0 Å². The molecular formula is C15H23ClN2S. The van der Waals surface area contributed by atoms with Gasteiger partial charge in [-0.25, -0.2) is 0 Å². The first-order valence-corrected chi connectivity index (χ1v) is 7.69. The zero-order valence-corrected chi connectivity index (χ0v) is 13.3. The van der Waals surface area contributed by atoms with Crippen LogP contribution in [-0.2, 0) is 0 Å². The van der Waals surface area contributed by atoms with E-state index in [4.69, 9.17) is 29.6 Å². The fourth-order valence-electron chi connectivity index (χ4n) is 2.11. The molecule has 0 heterocycles. The Morgan fingerprint density at radius 1 is 1.37 bits per heavy atom. The number of hydrogen-bond donors (Lipinski definition) is 2. The van der Waals surface area contributed by atoms with E-state index in [0.29, 0.717) is 16.1 Å². The van der Waals surface area contributed by atoms with Crippen molar-refractivity contribution in [3.05, 3.63) is 28.8 Å². The number of anilines is 1. The Labute approximate surface area is 126 Å². The number of unbranched alkanes of at least 4 members (excludes halogenated alkanes) is 3. The van der Waals surface area contributed by atoms with E-state index in [9.17, 15) is 0 Å². The van der Waals surface area contributed by atoms with Gasteiger partial charge in [0.15, 0.2) is 0 Å². The van der Waals surface area contributed by atoms with Crippen LogP contribution in [0.25, 0.3) is 0 Å². The molecule has 2 nitrogen and oxygen atoms in total. The number of nitrogens with two attached hydrogens (primary N) is 1. The normalized spacial score (nSPS) is 12.2. The topological polar surface area (TPSA) is 38.0 Å². The summed E-state index contributed by atoms with van der Waals surface area (Å²) in [7, 11) is 0. The fraction of sp³-hybridized carbons (Fsp3) is 0.533. The van der Waals surface area contributed by atoms with Crippen molar-refractivity contribution in [1.82, 2.24) is 0 Å². The van der Waals surface area contributed by atoms with Gasteiger partial charge in [-0.2, -0.15) is 0 Å². The van der Waals surface area contributed by atoms with Crippen LogP contribution >= 0.6 is 23.8 Å². The minimum absolute atomic E-state index is 0.339. The number of thiocarbonyl (C=S) groups is 1. The Morgan fingerprint density at radius 3 is 2.74 bits per heavy atom. The van der Waals surface area contributed by atoms with Crippen LogP contribution in [0.5, 0.6) is 0 Å². The molecule has 19 heavy (non-hydrogen) atoms. The summed E-state index contributed by atoms with van der Waals surface area (Å²) in [4.78, 5) is 0.339. The lowest BCUT2D eigenvalue weighted by molar-refractivity contribution is 0.594. The van der Waals surface area contributed by atoms with Crippen LogP contribution in [0.1, 0.15) is 51.5 Å². The van der Waals surface area contributed by atoms with Gasteiger partial charge in [0.1, 0.15) is 4.99 Å². The van der Waals surface area contributed by atoms with Crippen LogP contribution in [0.15, 0.2) is 18.2 Å². The molecular weight excluding hydrogens is 276 g/mol. The van der Waals surface area contributed by atoms with Gasteiger partial charge in [-0.3, -0.25) is 0 Å². The molecule has 0 aliphatic carbocycles. The standard InChI is InChI=1S/C15H23ClN2S/c1-3-4-5-6-8-11(2)18-13-10-7-9-12(16)14(13)15(17)19/h7,9-11,18H,3-6,8H2,1-2H3,(H2,17,19). The molecule has 1 rings (SSSR count). The number of rotatable bonds is 8. The summed E-state index contributed by atoms with van der Waals surface area (Å²) in [6.45, 7) is 4.40. The van der Waals surface area contributed by atoms with Gasteiger partial charge in [-0.05, 0) is 25.5 Å². The van der Waals surface area contributed by atoms with E-state index in [0.717, 1.165) is 17.7 Å². The third kappa shape index (κ3) is 5.37. The maximum atomic E-state index is 6.15. The monoisotopic (exact) mass is 298 g/mol. The number of halogens is 1. The van der Waals surface area contributed by atoms with Gasteiger partial charge in [-0.15, -0.1) is 0 Å². The Bertz CT molecular complexity index is 421. The van der Waals surface area contributed by atoms with Gasteiger partial charge in [0.05, 0.1) is 10.6 Å². The van der Waals surface area contributed by atoms with Crippen molar-refractivity contribution >= 4 is 34.5 Å². The van der Waals surface area contributed by atoms with Gasteiger partial charge in [0, 0.05) is 11.7 Å². The molecule has 0 fully saturated rings. The maximum absolute atomic E-state index is 6.15. The Kier molecular flexibility index (Phi) is 7.17. The Balaban J connectivity index is 2.61. The minimum Gasteiger partial charge on any atom is -0.389 e. The molecule has 0 saturated carbocycles. The van der Waals surface area contributed by atoms with Crippen LogP contribution in [0.2, 0.25) is 5.02 Å². The van der Waals surface area contributed by atoms with E-state index in [1.165, 1.54) is 25.7 Å². The first-order valence-electron chi connectivity index (χ1n) is 6.91. The lowest BCUT2D eigenvalue weighted by Gasteiger charge is -2.18. The SMILES string of the molecule is CCCCCCC(C)Nc1cccc(Cl)c1C(N)=S. The van der Waals surface area contributed by atoms with Crippen molar-refractivity contribution < 1.29 is 0 Å². The molecule has 1 unspecified atom stereocenters. The second-order valence-electron chi connectivity index (χ2n) is 4.92. The lowest BCUT2D eigenvalue weighted by atomic mass is 10.1. The lowest BCUT2D eigenvalue weighted by Crippen LogP contribution is -2.19. The second-order valence-corrected chi connectivity index (χ2v) is 5.77. The van der Waals surface area contributed by atoms with Crippen molar-refractivity contribution in [3.8, 4) is 0 Å². The summed E-state index contributed by atoms with van der Waals surface area (Å²) in [5.41, 5.74) is 7.42. The summed E-state index contributed by atoms with van der Waals surface area (Å²) >= 11 is 11.2. The summed E-state index contributed by atoms with van der Waals surface area (Å²) in [5.74, 6) is 0. The summed E-state index contributed by atoms with van der Waals surface area (Å²) in [6.07, 6.45) is 6.25. The van der Waals surface area contributed by atoms with E-state index >= 15 is 0 Å². The molecule has 0 saturated heterocycles. The average Bonchev–Trinajstić information content (AvgIpc) is 2.34. The molecule has 0 radical (unpaired) electrons. The molecule has 1 atom stereocenters. The molecule has 0 spiro atoms. The van der Waals surface area contributed by atoms with Crippen molar-refractivity contribution in [2.75, 3.05) is 5.32 Å². The number of hydrogen-bond acceptors (Lipinski definition) is 2. The van der Waals surface area contributed by atoms with Crippen LogP contribution in [0, 0.1) is 0 Å². The largest absolute Gasteiger partial charge is 0.389 e. The van der Waals surface area contributed by atoms with Crippen LogP contribution in [-0.4, -0.2) is 11.0 Å². The van der Waals surface area contributed by atoms with E-state index < -0.39 is 0 Å². The summed E-state index contributed by atoms with van der Waals surface area (Å²) in [6, 6.07) is 6.09. The van der Waals surface area contributed by atoms with Crippen molar-refractivity contribution in [1.29, 1.82) is 0 Å². The van der Waals surface area contributed by atoms with Crippen molar-refractivity contribution in [2.24, 2.45) is 5.73 Å². The molecule has 106 valence electrons. The number of nitrogens with one attached hydrogen (secondary N) is 1. The predicted octanol–water partition coefficient (Wildman–Crippen LogP) is 4.75. The van der Waals surface area contributed by atoms with Gasteiger partial charge in [-0.1, -0.05) is 62.5 Å². The van der Waals surface area contributed by atoms with Crippen LogP contribution in [0.3, 0.4) is 0 Å². The minimum atomic E-state index is 0.339. The molecule has 0 bridgehead atoms. The first-order chi connectivity index (χ1) is 9.06. The highest BCUT2D eigenvalue weighted by Crippen LogP contribution is 2.25. The Hall–Kier alpha value is -0.800. The third-order valence-corrected chi connectivity index (χ3v) is 3.67. The molecule has 1 aromatic rings. The van der Waals surface area contributed by atoms with Gasteiger partial charge in [0.25, 0.3) is 0 Å². The Morgan fingerprint density at radius 2 is 2.11 bits per heavy atom. The smallest absolute Gasteiger partial charge is 0.107 e. The molecule has 4 heteroatoms. The van der Waals surface area contributed by atoms with Crippen molar-refractivity contribution in [3.63, 3.8) is 0 Å². The van der Waals surface area contributed by atoms with Crippen molar-refractivity contribution in [2.45, 2.75) is 52.0 Å². The molecule has 1 aromatic carbocycles. The van der Waals surface area contributed by atoms with E-state index in [-0.39, 0.29) is 0 Å². The average molecular weight is 299 g/mol. The number of benzene rings is 1. The van der Waals surface area contributed by atoms with Gasteiger partial charge in [0.2, 0.25) is 0 Å². The van der Waals surface area contributed by atoms with E-state index in [1.54, 1.807) is 0 Å². The van der Waals surface area contributed by atoms with E-state index in [1.807, 2.05) is 18.2 Å². The highest BCUT2D eigenvalue weighted by Gasteiger charge is 2.11. The summed E-state index contributed by atoms with van der Waals surface area (Å²) in [5, 5.41) is 4.06. The zero-order valence-electron chi connectivity index (χ0n) is 11.7. The molecule has 0 aliphatic rings. The molecule has 0 aromatic heterocycles. The second kappa shape index (κ2) is 8.39. The van der Waals surface area contributed by atoms with Crippen LogP contribution in [0.4, 0.5) is 5.69 Å². The zero-order chi connectivity index (χ0) is 14.3. The van der Waals surface area contributed by atoms with Crippen LogP contribution < -0.4 is 11.1 Å². The maximum Gasteiger partial charge on any atom is 0.107 e. The summed E-state index contributed by atoms with van der Waals surface area (Å²) < 4.78 is 0. The molecule has 0 aliphatic heterocycles. The fourth-order valence-corrected chi connectivity index (χ4v) is 2.66. The highest BCUT2D eigenvalue weighted by molar-refractivity contribution is 7.80. The molecule has 3 N–H and O–H groups in total. The quantitative estimate of drug-likeness (QED) is 0.537. The predicted molar refractivity (Wildman–Crippen MR) is 89.2 cm³/mol. The first kappa shape index (κ1) is 16.3. The molecule has 0 amide bonds. The van der Waals surface area contributed by atoms with E-state index in [2.05, 4.69) is 19.2 Å².